The molecule has 1 N–H and O–H groups in total. The predicted octanol–water partition coefficient (Wildman–Crippen LogP) is 2.57. The number of hydrogen-bond acceptors (Lipinski definition) is 3. The van der Waals surface area contributed by atoms with Crippen molar-refractivity contribution >= 4 is 21.4 Å². The Morgan fingerprint density at radius 2 is 2.29 bits per heavy atom. The number of fused-ring (bicyclic) bond motifs is 1. The first-order chi connectivity index (χ1) is 6.76. The fraction of sp³-hybridized carbons (Fsp3) is 0.182. The van der Waals surface area contributed by atoms with Crippen LogP contribution in [0.2, 0.25) is 0 Å². The van der Waals surface area contributed by atoms with Crippen LogP contribution in [-0.2, 0) is 6.61 Å². The maximum absolute atomic E-state index is 9.13. The summed E-state index contributed by atoms with van der Waals surface area (Å²) in [6.07, 6.45) is 0. The standard InChI is InChI=1S/C11H9NOS/c1-7-4-10-8(5-12)2-3-9(6-13)11(10)14-7/h2-4,13H,6H2,1H3. The van der Waals surface area contributed by atoms with Crippen LogP contribution in [0, 0.1) is 18.3 Å². The highest BCUT2D eigenvalue weighted by molar-refractivity contribution is 7.19. The molecule has 0 saturated heterocycles. The van der Waals surface area contributed by atoms with Crippen molar-refractivity contribution in [3.05, 3.63) is 34.2 Å². The first-order valence-corrected chi connectivity index (χ1v) is 5.11. The summed E-state index contributed by atoms with van der Waals surface area (Å²) in [7, 11) is 0. The van der Waals surface area contributed by atoms with E-state index in [0.717, 1.165) is 20.5 Å². The largest absolute Gasteiger partial charge is 0.392 e. The van der Waals surface area contributed by atoms with E-state index in [9.17, 15) is 0 Å². The molecule has 0 bridgehead atoms. The quantitative estimate of drug-likeness (QED) is 0.774. The van der Waals surface area contributed by atoms with E-state index in [4.69, 9.17) is 10.4 Å². The normalized spacial score (nSPS) is 10.4. The van der Waals surface area contributed by atoms with Crippen molar-refractivity contribution in [1.82, 2.24) is 0 Å². The van der Waals surface area contributed by atoms with E-state index in [1.807, 2.05) is 19.1 Å². The summed E-state index contributed by atoms with van der Waals surface area (Å²) < 4.78 is 1.03. The lowest BCUT2D eigenvalue weighted by molar-refractivity contribution is 0.283. The number of nitrogens with zero attached hydrogens (tertiary/aromatic N) is 1. The molecule has 0 saturated carbocycles. The average Bonchev–Trinajstić information content (AvgIpc) is 2.57. The number of nitriles is 1. The first-order valence-electron chi connectivity index (χ1n) is 4.29. The summed E-state index contributed by atoms with van der Waals surface area (Å²) in [4.78, 5) is 1.16. The van der Waals surface area contributed by atoms with Gasteiger partial charge in [0.05, 0.1) is 18.2 Å². The Kier molecular flexibility index (Phi) is 2.24. The summed E-state index contributed by atoms with van der Waals surface area (Å²) in [5, 5.41) is 19.0. The van der Waals surface area contributed by atoms with Crippen LogP contribution in [0.3, 0.4) is 0 Å². The average molecular weight is 203 g/mol. The van der Waals surface area contributed by atoms with Crippen molar-refractivity contribution in [1.29, 1.82) is 5.26 Å². The van der Waals surface area contributed by atoms with E-state index >= 15 is 0 Å². The second-order valence-electron chi connectivity index (χ2n) is 3.14. The zero-order valence-corrected chi connectivity index (χ0v) is 8.56. The van der Waals surface area contributed by atoms with Crippen LogP contribution in [-0.4, -0.2) is 5.11 Å². The van der Waals surface area contributed by atoms with E-state index in [1.54, 1.807) is 17.4 Å². The van der Waals surface area contributed by atoms with Crippen LogP contribution in [0.4, 0.5) is 0 Å². The molecule has 3 heteroatoms. The number of aliphatic hydroxyl groups is 1. The molecule has 0 aliphatic rings. The SMILES string of the molecule is Cc1cc2c(C#N)ccc(CO)c2s1. The summed E-state index contributed by atoms with van der Waals surface area (Å²) in [6.45, 7) is 2.04. The minimum atomic E-state index is 0.0299. The van der Waals surface area contributed by atoms with Crippen molar-refractivity contribution < 1.29 is 5.11 Å². The van der Waals surface area contributed by atoms with Crippen LogP contribution in [0.5, 0.6) is 0 Å². The van der Waals surface area contributed by atoms with Gasteiger partial charge in [-0.05, 0) is 24.6 Å². The van der Waals surface area contributed by atoms with Crippen molar-refractivity contribution in [2.45, 2.75) is 13.5 Å². The Morgan fingerprint density at radius 3 is 2.93 bits per heavy atom. The van der Waals surface area contributed by atoms with E-state index in [-0.39, 0.29) is 6.61 Å². The molecule has 0 amide bonds. The Labute approximate surface area is 86.0 Å². The molecule has 0 aliphatic heterocycles. The minimum Gasteiger partial charge on any atom is -0.392 e. The van der Waals surface area contributed by atoms with Crippen molar-refractivity contribution in [3.8, 4) is 6.07 Å². The Hall–Kier alpha value is -1.37. The van der Waals surface area contributed by atoms with Crippen molar-refractivity contribution in [2.24, 2.45) is 0 Å². The third-order valence-corrected chi connectivity index (χ3v) is 3.31. The molecule has 2 aromatic rings. The summed E-state index contributed by atoms with van der Waals surface area (Å²) in [6, 6.07) is 7.74. The molecular formula is C11H9NOS. The Morgan fingerprint density at radius 1 is 1.50 bits per heavy atom. The molecule has 0 fully saturated rings. The van der Waals surface area contributed by atoms with Crippen molar-refractivity contribution in [2.75, 3.05) is 0 Å². The number of aryl methyl sites for hydroxylation is 1. The lowest BCUT2D eigenvalue weighted by Crippen LogP contribution is -1.84. The van der Waals surface area contributed by atoms with Crippen LogP contribution < -0.4 is 0 Å². The van der Waals surface area contributed by atoms with Gasteiger partial charge in [0, 0.05) is 15.0 Å². The summed E-state index contributed by atoms with van der Waals surface area (Å²) in [5.41, 5.74) is 1.58. The zero-order valence-electron chi connectivity index (χ0n) is 7.74. The van der Waals surface area contributed by atoms with Gasteiger partial charge in [-0.1, -0.05) is 6.07 Å². The number of thiophene rings is 1. The van der Waals surface area contributed by atoms with Gasteiger partial charge in [0.1, 0.15) is 0 Å². The van der Waals surface area contributed by atoms with Crippen LogP contribution in [0.1, 0.15) is 16.0 Å². The maximum Gasteiger partial charge on any atom is 0.0998 e. The fourth-order valence-corrected chi connectivity index (χ4v) is 2.57. The van der Waals surface area contributed by atoms with Gasteiger partial charge in [-0.3, -0.25) is 0 Å². The molecule has 0 radical (unpaired) electrons. The van der Waals surface area contributed by atoms with Gasteiger partial charge in [-0.2, -0.15) is 5.26 Å². The Balaban J connectivity index is 2.86. The first kappa shape index (κ1) is 9.20. The maximum atomic E-state index is 9.13. The molecule has 2 rings (SSSR count). The van der Waals surface area contributed by atoms with E-state index in [2.05, 4.69) is 6.07 Å². The molecule has 0 spiro atoms. The van der Waals surface area contributed by atoms with E-state index < -0.39 is 0 Å². The second kappa shape index (κ2) is 3.41. The highest BCUT2D eigenvalue weighted by Crippen LogP contribution is 2.30. The molecule has 0 aliphatic carbocycles. The highest BCUT2D eigenvalue weighted by Gasteiger charge is 2.07. The molecule has 0 atom stereocenters. The van der Waals surface area contributed by atoms with Gasteiger partial charge in [-0.15, -0.1) is 11.3 Å². The van der Waals surface area contributed by atoms with Gasteiger partial charge in [-0.25, -0.2) is 0 Å². The fourth-order valence-electron chi connectivity index (χ4n) is 1.52. The molecule has 1 heterocycles. The topological polar surface area (TPSA) is 44.0 Å². The van der Waals surface area contributed by atoms with Crippen LogP contribution in [0.15, 0.2) is 18.2 Å². The molecule has 0 unspecified atom stereocenters. The molecule has 1 aromatic heterocycles. The predicted molar refractivity (Wildman–Crippen MR) is 57.2 cm³/mol. The number of benzene rings is 1. The summed E-state index contributed by atoms with van der Waals surface area (Å²) in [5.74, 6) is 0. The minimum absolute atomic E-state index is 0.0299. The number of aliphatic hydroxyl groups excluding tert-OH is 1. The molecular weight excluding hydrogens is 194 g/mol. The van der Waals surface area contributed by atoms with E-state index in [1.165, 1.54) is 0 Å². The third-order valence-electron chi connectivity index (χ3n) is 2.18. The van der Waals surface area contributed by atoms with E-state index in [0.29, 0.717) is 5.56 Å². The smallest absolute Gasteiger partial charge is 0.0998 e. The Bertz CT molecular complexity index is 522. The van der Waals surface area contributed by atoms with Gasteiger partial charge in [0.25, 0.3) is 0 Å². The summed E-state index contributed by atoms with van der Waals surface area (Å²) >= 11 is 1.62. The third kappa shape index (κ3) is 1.29. The number of rotatable bonds is 1. The van der Waals surface area contributed by atoms with Crippen LogP contribution >= 0.6 is 11.3 Å². The molecule has 1 aromatic carbocycles. The van der Waals surface area contributed by atoms with Crippen LogP contribution in [0.25, 0.3) is 10.1 Å². The van der Waals surface area contributed by atoms with Gasteiger partial charge in [0.2, 0.25) is 0 Å². The molecule has 2 nitrogen and oxygen atoms in total. The van der Waals surface area contributed by atoms with Gasteiger partial charge < -0.3 is 5.11 Å². The zero-order chi connectivity index (χ0) is 10.1. The highest BCUT2D eigenvalue weighted by atomic mass is 32.1. The lowest BCUT2D eigenvalue weighted by Gasteiger charge is -1.99. The van der Waals surface area contributed by atoms with Crippen molar-refractivity contribution in [3.63, 3.8) is 0 Å². The second-order valence-corrected chi connectivity index (χ2v) is 4.40. The monoisotopic (exact) mass is 203 g/mol. The number of hydrogen-bond donors (Lipinski definition) is 1. The lowest BCUT2D eigenvalue weighted by atomic mass is 10.1. The van der Waals surface area contributed by atoms with Gasteiger partial charge >= 0.3 is 0 Å². The van der Waals surface area contributed by atoms with Gasteiger partial charge in [0.15, 0.2) is 0 Å². The molecule has 14 heavy (non-hydrogen) atoms. The molecule has 70 valence electrons.